The zero-order chi connectivity index (χ0) is 19.5. The first-order valence-corrected chi connectivity index (χ1v) is 9.52. The summed E-state index contributed by atoms with van der Waals surface area (Å²) in [7, 11) is 0. The van der Waals surface area contributed by atoms with Crippen molar-refractivity contribution in [3.8, 4) is 0 Å². The van der Waals surface area contributed by atoms with Crippen LogP contribution in [0.4, 0.5) is 0 Å². The van der Waals surface area contributed by atoms with E-state index in [0.717, 1.165) is 5.56 Å². The van der Waals surface area contributed by atoms with E-state index in [1.807, 2.05) is 36.4 Å². The Morgan fingerprint density at radius 1 is 1.29 bits per heavy atom. The van der Waals surface area contributed by atoms with Gasteiger partial charge in [-0.3, -0.25) is 4.79 Å². The average Bonchev–Trinajstić information content (AvgIpc) is 2.71. The molecule has 3 aliphatic rings. The molecule has 2 amide bonds. The Hall–Kier alpha value is -2.70. The lowest BCUT2D eigenvalue weighted by atomic mass is 10.1. The Morgan fingerprint density at radius 2 is 2.11 bits per heavy atom. The number of halogens is 1. The molecular weight excluding hydrogens is 380 g/mol. The number of nitrogens with zero attached hydrogens (tertiary/aromatic N) is 2. The van der Waals surface area contributed by atoms with Gasteiger partial charge in [0.1, 0.15) is 0 Å². The Morgan fingerprint density at radius 3 is 2.89 bits per heavy atom. The van der Waals surface area contributed by atoms with Gasteiger partial charge in [0.2, 0.25) is 24.1 Å². The first-order chi connectivity index (χ1) is 13.6. The first kappa shape index (κ1) is 18.7. The summed E-state index contributed by atoms with van der Waals surface area (Å²) in [5.74, 6) is -0.256. The van der Waals surface area contributed by atoms with Gasteiger partial charge in [-0.15, -0.1) is 4.58 Å². The van der Waals surface area contributed by atoms with Crippen molar-refractivity contribution in [3.63, 3.8) is 0 Å². The van der Waals surface area contributed by atoms with Crippen LogP contribution in [0.2, 0.25) is 5.02 Å². The molecule has 1 atom stereocenters. The fourth-order valence-electron chi connectivity index (χ4n) is 3.35. The number of allylic oxidation sites excluding steroid dienone is 2. The van der Waals surface area contributed by atoms with Crippen molar-refractivity contribution in [1.29, 1.82) is 0 Å². The lowest BCUT2D eigenvalue weighted by Crippen LogP contribution is -2.49. The number of benzene rings is 1. The average molecular weight is 400 g/mol. The molecule has 2 aliphatic heterocycles. The van der Waals surface area contributed by atoms with Gasteiger partial charge >= 0.3 is 5.91 Å². The third-order valence-electron chi connectivity index (χ3n) is 4.78. The van der Waals surface area contributed by atoms with Crippen LogP contribution in [-0.4, -0.2) is 66.0 Å². The molecular formula is C21H20ClN2O4+. The Bertz CT molecular complexity index is 926. The number of hydrogen-bond acceptors (Lipinski definition) is 4. The monoisotopic (exact) mass is 399 g/mol. The van der Waals surface area contributed by atoms with Crippen LogP contribution in [0, 0.1) is 0 Å². The van der Waals surface area contributed by atoms with Crippen molar-refractivity contribution in [2.24, 2.45) is 0 Å². The summed E-state index contributed by atoms with van der Waals surface area (Å²) in [4.78, 5) is 27.6. The summed E-state index contributed by atoms with van der Waals surface area (Å²) < 4.78 is 12.7. The number of rotatable bonds is 3. The van der Waals surface area contributed by atoms with Gasteiger partial charge in [0.15, 0.2) is 0 Å². The summed E-state index contributed by atoms with van der Waals surface area (Å²) in [6.07, 6.45) is 8.61. The van der Waals surface area contributed by atoms with Crippen molar-refractivity contribution in [2.45, 2.75) is 6.10 Å². The molecule has 1 saturated heterocycles. The van der Waals surface area contributed by atoms with Crippen LogP contribution in [0.25, 0.3) is 6.08 Å². The second kappa shape index (κ2) is 8.12. The van der Waals surface area contributed by atoms with Crippen molar-refractivity contribution < 1.29 is 23.6 Å². The van der Waals surface area contributed by atoms with Crippen LogP contribution in [0.5, 0.6) is 0 Å². The maximum absolute atomic E-state index is 13.1. The molecule has 7 heteroatoms. The standard InChI is InChI=1S/C21H20ClN2O4/c22-16-5-3-4-15(12-16)13-19-21(26)24(17-6-1-2-7-18(17)28-19)14-20(25)23-8-10-27-11-9-23/h1-7,12-13,18H,8-11,14H2/q+1/b19-13+. The smallest absolute Gasteiger partial charge is 0.455 e. The summed E-state index contributed by atoms with van der Waals surface area (Å²) in [5.41, 5.74) is 1.42. The molecule has 1 aromatic rings. The Labute approximate surface area is 168 Å². The zero-order valence-corrected chi connectivity index (χ0v) is 16.0. The number of fused-ring (bicyclic) bond motifs is 1. The molecule has 0 bridgehead atoms. The fourth-order valence-corrected chi connectivity index (χ4v) is 3.55. The van der Waals surface area contributed by atoms with Gasteiger partial charge in [-0.25, -0.2) is 4.79 Å². The van der Waals surface area contributed by atoms with Crippen LogP contribution < -0.4 is 0 Å². The number of carbonyl (C=O) groups excluding carboxylic acids is 2. The maximum atomic E-state index is 13.1. The predicted molar refractivity (Wildman–Crippen MR) is 105 cm³/mol. The second-order valence-electron chi connectivity index (χ2n) is 6.66. The van der Waals surface area contributed by atoms with E-state index < -0.39 is 6.10 Å². The highest BCUT2D eigenvalue weighted by atomic mass is 35.5. The van der Waals surface area contributed by atoms with Crippen LogP contribution in [0.15, 0.2) is 54.3 Å². The molecule has 28 heavy (non-hydrogen) atoms. The van der Waals surface area contributed by atoms with Gasteiger partial charge in [0, 0.05) is 24.2 Å². The molecule has 1 aromatic carbocycles. The molecule has 1 unspecified atom stereocenters. The van der Waals surface area contributed by atoms with E-state index in [9.17, 15) is 9.59 Å². The number of morpholine rings is 1. The summed E-state index contributed by atoms with van der Waals surface area (Å²) >= 11 is 6.04. The van der Waals surface area contributed by atoms with Gasteiger partial charge in [-0.2, -0.15) is 0 Å². The highest BCUT2D eigenvalue weighted by Gasteiger charge is 2.41. The van der Waals surface area contributed by atoms with E-state index in [1.54, 1.807) is 23.1 Å². The van der Waals surface area contributed by atoms with Crippen LogP contribution >= 0.6 is 11.6 Å². The van der Waals surface area contributed by atoms with E-state index >= 15 is 0 Å². The third-order valence-corrected chi connectivity index (χ3v) is 5.02. The zero-order valence-electron chi connectivity index (χ0n) is 15.2. The van der Waals surface area contributed by atoms with E-state index in [1.165, 1.54) is 4.58 Å². The van der Waals surface area contributed by atoms with Gasteiger partial charge in [0.25, 0.3) is 5.91 Å². The van der Waals surface area contributed by atoms with Crippen LogP contribution in [0.1, 0.15) is 5.56 Å². The quantitative estimate of drug-likeness (QED) is 0.576. The van der Waals surface area contributed by atoms with Crippen LogP contribution in [0.3, 0.4) is 0 Å². The van der Waals surface area contributed by atoms with E-state index in [0.29, 0.717) is 37.0 Å². The van der Waals surface area contributed by atoms with Crippen molar-refractivity contribution >= 4 is 35.2 Å². The minimum atomic E-state index is -0.411. The topological polar surface area (TPSA) is 58.8 Å². The van der Waals surface area contributed by atoms with Crippen molar-refractivity contribution in [3.05, 3.63) is 64.9 Å². The molecule has 0 radical (unpaired) electrons. The summed E-state index contributed by atoms with van der Waals surface area (Å²) in [5, 5.41) is 0.574. The molecule has 0 saturated carbocycles. The normalized spacial score (nSPS) is 23.0. The molecule has 0 spiro atoms. The molecule has 1 aliphatic carbocycles. The SMILES string of the molecule is O=C(C[N+]1=C2C=CC=CC2O/C(=C/c2cccc(Cl)c2)C1=O)N1CCOCC1. The molecule has 144 valence electrons. The fraction of sp³-hybridized carbons (Fsp3) is 0.286. The predicted octanol–water partition coefficient (Wildman–Crippen LogP) is 2.04. The maximum Gasteiger partial charge on any atom is 0.455 e. The number of hydrogen-bond donors (Lipinski definition) is 0. The number of carbonyl (C=O) groups is 2. The van der Waals surface area contributed by atoms with Crippen molar-refractivity contribution in [2.75, 3.05) is 32.8 Å². The molecule has 0 N–H and O–H groups in total. The first-order valence-electron chi connectivity index (χ1n) is 9.15. The lowest BCUT2D eigenvalue weighted by molar-refractivity contribution is -0.444. The van der Waals surface area contributed by atoms with Gasteiger partial charge < -0.3 is 14.4 Å². The van der Waals surface area contributed by atoms with Crippen molar-refractivity contribution in [1.82, 2.24) is 4.90 Å². The highest BCUT2D eigenvalue weighted by molar-refractivity contribution is 6.30. The van der Waals surface area contributed by atoms with Gasteiger partial charge in [-0.05, 0) is 29.8 Å². The number of ether oxygens (including phenoxy) is 2. The van der Waals surface area contributed by atoms with Gasteiger partial charge in [-0.1, -0.05) is 35.9 Å². The van der Waals surface area contributed by atoms with E-state index in [2.05, 4.69) is 0 Å². The Kier molecular flexibility index (Phi) is 5.41. The molecule has 2 heterocycles. The van der Waals surface area contributed by atoms with E-state index in [-0.39, 0.29) is 24.1 Å². The highest BCUT2D eigenvalue weighted by Crippen LogP contribution is 2.22. The second-order valence-corrected chi connectivity index (χ2v) is 7.09. The largest absolute Gasteiger partial charge is 0.465 e. The lowest BCUT2D eigenvalue weighted by Gasteiger charge is -2.27. The Balaban J connectivity index is 1.65. The van der Waals surface area contributed by atoms with Gasteiger partial charge in [0.05, 0.1) is 13.2 Å². The van der Waals surface area contributed by atoms with Crippen LogP contribution in [-0.2, 0) is 19.1 Å². The minimum absolute atomic E-state index is 0.0287. The summed E-state index contributed by atoms with van der Waals surface area (Å²) in [6.45, 7) is 2.09. The molecule has 6 nitrogen and oxygen atoms in total. The molecule has 0 aromatic heterocycles. The summed E-state index contributed by atoms with van der Waals surface area (Å²) in [6, 6.07) is 7.17. The molecule has 4 rings (SSSR count). The number of amides is 2. The minimum Gasteiger partial charge on any atom is -0.465 e. The third kappa shape index (κ3) is 3.93. The molecule has 1 fully saturated rings. The van der Waals surface area contributed by atoms with E-state index in [4.69, 9.17) is 21.1 Å².